The van der Waals surface area contributed by atoms with Gasteiger partial charge >= 0.3 is 0 Å². The third kappa shape index (κ3) is 4.07. The van der Waals surface area contributed by atoms with Crippen LogP contribution in [-0.2, 0) is 9.59 Å². The molecule has 4 rings (SSSR count). The second-order valence-corrected chi connectivity index (χ2v) is 10.5. The summed E-state index contributed by atoms with van der Waals surface area (Å²) >= 11 is 0. The summed E-state index contributed by atoms with van der Waals surface area (Å²) in [7, 11) is 0. The molecule has 0 amide bonds. The van der Waals surface area contributed by atoms with Crippen LogP contribution in [0.25, 0.3) is 0 Å². The predicted molar refractivity (Wildman–Crippen MR) is 112 cm³/mol. The Morgan fingerprint density at radius 3 is 2.43 bits per heavy atom. The Labute approximate surface area is 178 Å². The van der Waals surface area contributed by atoms with E-state index in [1.807, 2.05) is 12.2 Å². The second-order valence-electron chi connectivity index (χ2n) is 10.5. The van der Waals surface area contributed by atoms with Crippen molar-refractivity contribution < 1.29 is 30.0 Å². The van der Waals surface area contributed by atoms with E-state index >= 15 is 0 Å². The molecule has 6 nitrogen and oxygen atoms in total. The molecule has 0 spiro atoms. The van der Waals surface area contributed by atoms with E-state index in [0.717, 1.165) is 31.3 Å². The molecule has 2 fully saturated rings. The Morgan fingerprint density at radius 1 is 1.20 bits per heavy atom. The molecule has 6 unspecified atom stereocenters. The van der Waals surface area contributed by atoms with Crippen molar-refractivity contribution in [3.63, 3.8) is 0 Å². The first kappa shape index (κ1) is 23.3. The molecule has 0 bridgehead atoms. The Hall–Kier alpha value is -1.34. The summed E-state index contributed by atoms with van der Waals surface area (Å²) in [5, 5.41) is 36.6. The first-order chi connectivity index (χ1) is 13.8. The van der Waals surface area contributed by atoms with Gasteiger partial charge in [-0.3, -0.25) is 9.59 Å². The lowest BCUT2D eigenvalue weighted by Gasteiger charge is -2.59. The predicted octanol–water partition coefficient (Wildman–Crippen LogP) is 2.29. The molecule has 168 valence electrons. The van der Waals surface area contributed by atoms with Crippen molar-refractivity contribution in [3.05, 3.63) is 23.3 Å². The lowest BCUT2D eigenvalue weighted by Crippen LogP contribution is -2.56. The molecule has 2 saturated carbocycles. The number of Topliss-reactive ketones (excluding diaryl/α,β-unsaturated/α-hetero) is 1. The van der Waals surface area contributed by atoms with E-state index < -0.39 is 18.5 Å². The van der Waals surface area contributed by atoms with Gasteiger partial charge in [0.05, 0.1) is 6.10 Å². The van der Waals surface area contributed by atoms with E-state index in [0.29, 0.717) is 24.7 Å². The fourth-order valence-corrected chi connectivity index (χ4v) is 6.77. The standard InChI is InChI=1S/C21H28O4.C3H8O2/c1-20-8-7-13(23)9-12(20)3-4-14-15-5-6-16(18(25)11-22)21(15,2)10-17(24)19(14)20;1-3(2,4)5/h6,9,14-15,17,19,22,24H,3-5,7-8,10-11H2,1-2H3;4-5H,1-2H3. The van der Waals surface area contributed by atoms with E-state index in [9.17, 15) is 19.8 Å². The second kappa shape index (κ2) is 7.97. The number of carbonyl (C=O) groups excluding carboxylic acids is 2. The van der Waals surface area contributed by atoms with Gasteiger partial charge in [-0.05, 0) is 80.8 Å². The van der Waals surface area contributed by atoms with Gasteiger partial charge in [0.15, 0.2) is 17.4 Å². The monoisotopic (exact) mass is 420 g/mol. The van der Waals surface area contributed by atoms with Crippen LogP contribution in [0, 0.1) is 28.6 Å². The van der Waals surface area contributed by atoms with Gasteiger partial charge in [-0.25, -0.2) is 0 Å². The zero-order valence-electron chi connectivity index (χ0n) is 18.5. The maximum atomic E-state index is 12.2. The van der Waals surface area contributed by atoms with Gasteiger partial charge in [0, 0.05) is 11.8 Å². The summed E-state index contributed by atoms with van der Waals surface area (Å²) in [5.74, 6) is -0.594. The molecular weight excluding hydrogens is 384 g/mol. The Kier molecular flexibility index (Phi) is 6.20. The molecule has 30 heavy (non-hydrogen) atoms. The van der Waals surface area contributed by atoms with E-state index in [4.69, 9.17) is 10.2 Å². The lowest BCUT2D eigenvalue weighted by atomic mass is 9.46. The van der Waals surface area contributed by atoms with Crippen LogP contribution in [0.4, 0.5) is 0 Å². The molecular formula is C24H36O6. The highest BCUT2D eigenvalue weighted by Crippen LogP contribution is 2.65. The van der Waals surface area contributed by atoms with Gasteiger partial charge in [-0.15, -0.1) is 0 Å². The highest BCUT2D eigenvalue weighted by atomic mass is 16.5. The fourth-order valence-electron chi connectivity index (χ4n) is 6.77. The van der Waals surface area contributed by atoms with Crippen molar-refractivity contribution in [3.8, 4) is 0 Å². The number of ketones is 2. The van der Waals surface area contributed by atoms with Crippen LogP contribution < -0.4 is 0 Å². The van der Waals surface area contributed by atoms with Gasteiger partial charge in [-0.2, -0.15) is 0 Å². The van der Waals surface area contributed by atoms with Crippen LogP contribution in [0.1, 0.15) is 66.2 Å². The van der Waals surface area contributed by atoms with Crippen molar-refractivity contribution in [2.75, 3.05) is 6.61 Å². The summed E-state index contributed by atoms with van der Waals surface area (Å²) in [6.07, 6.45) is 8.12. The molecule has 4 aliphatic carbocycles. The average molecular weight is 421 g/mol. The normalized spacial score (nSPS) is 40.2. The molecule has 4 aliphatic rings. The van der Waals surface area contributed by atoms with E-state index in [-0.39, 0.29) is 28.3 Å². The Morgan fingerprint density at radius 2 is 1.83 bits per heavy atom. The SMILES string of the molecule is CC(C)(O)O.CC12CC(O)C3C(CCC4=CC(=O)CCC43C)C1CC=C2C(=O)CO. The average Bonchev–Trinajstić information content (AvgIpc) is 2.96. The van der Waals surface area contributed by atoms with E-state index in [2.05, 4.69) is 13.8 Å². The molecule has 0 aromatic carbocycles. The van der Waals surface area contributed by atoms with Crippen LogP contribution in [0.15, 0.2) is 23.3 Å². The van der Waals surface area contributed by atoms with Crippen molar-refractivity contribution in [2.24, 2.45) is 28.6 Å². The largest absolute Gasteiger partial charge is 0.393 e. The molecule has 0 aromatic heterocycles. The summed E-state index contributed by atoms with van der Waals surface area (Å²) in [6.45, 7) is 6.47. The molecule has 6 heteroatoms. The number of aliphatic hydroxyl groups is 4. The summed E-state index contributed by atoms with van der Waals surface area (Å²) in [4.78, 5) is 24.1. The Balaban J connectivity index is 0.000000461. The van der Waals surface area contributed by atoms with Crippen molar-refractivity contribution >= 4 is 11.6 Å². The molecule has 4 N–H and O–H groups in total. The first-order valence-electron chi connectivity index (χ1n) is 11.0. The third-order valence-corrected chi connectivity index (χ3v) is 7.92. The first-order valence-corrected chi connectivity index (χ1v) is 11.0. The number of allylic oxidation sites excluding steroid dienone is 3. The number of carbonyl (C=O) groups is 2. The minimum atomic E-state index is -1.50. The highest BCUT2D eigenvalue weighted by Gasteiger charge is 2.60. The van der Waals surface area contributed by atoms with Gasteiger partial charge in [0.2, 0.25) is 0 Å². The number of hydrogen-bond acceptors (Lipinski definition) is 6. The van der Waals surface area contributed by atoms with Crippen LogP contribution in [0.3, 0.4) is 0 Å². The topological polar surface area (TPSA) is 115 Å². The zero-order chi connectivity index (χ0) is 22.5. The minimum Gasteiger partial charge on any atom is -0.393 e. The van der Waals surface area contributed by atoms with Crippen molar-refractivity contribution in [2.45, 2.75) is 78.1 Å². The smallest absolute Gasteiger partial charge is 0.184 e. The Bertz CT molecular complexity index is 769. The molecule has 6 atom stereocenters. The van der Waals surface area contributed by atoms with Gasteiger partial charge in [0.1, 0.15) is 6.61 Å². The van der Waals surface area contributed by atoms with Crippen LogP contribution in [0.5, 0.6) is 0 Å². The number of fused-ring (bicyclic) bond motifs is 5. The zero-order valence-corrected chi connectivity index (χ0v) is 18.5. The van der Waals surface area contributed by atoms with Gasteiger partial charge < -0.3 is 20.4 Å². The molecule has 0 aromatic rings. The molecule has 0 aliphatic heterocycles. The van der Waals surface area contributed by atoms with Crippen molar-refractivity contribution in [1.82, 2.24) is 0 Å². The number of aliphatic hydroxyl groups excluding tert-OH is 2. The van der Waals surface area contributed by atoms with Gasteiger partial charge in [-0.1, -0.05) is 25.5 Å². The van der Waals surface area contributed by atoms with Gasteiger partial charge in [0.25, 0.3) is 0 Å². The lowest BCUT2D eigenvalue weighted by molar-refractivity contribution is -0.130. The van der Waals surface area contributed by atoms with Crippen LogP contribution in [0.2, 0.25) is 0 Å². The maximum absolute atomic E-state index is 12.2. The highest BCUT2D eigenvalue weighted by molar-refractivity contribution is 5.98. The summed E-state index contributed by atoms with van der Waals surface area (Å²) in [5.41, 5.74) is 1.53. The molecule has 0 radical (unpaired) electrons. The molecule has 0 heterocycles. The third-order valence-electron chi connectivity index (χ3n) is 7.92. The van der Waals surface area contributed by atoms with E-state index in [1.54, 1.807) is 0 Å². The number of rotatable bonds is 2. The maximum Gasteiger partial charge on any atom is 0.184 e. The van der Waals surface area contributed by atoms with Crippen LogP contribution >= 0.6 is 0 Å². The van der Waals surface area contributed by atoms with Crippen LogP contribution in [-0.4, -0.2) is 50.5 Å². The minimum absolute atomic E-state index is 0.0959. The number of hydrogen-bond donors (Lipinski definition) is 4. The summed E-state index contributed by atoms with van der Waals surface area (Å²) < 4.78 is 0. The summed E-state index contributed by atoms with van der Waals surface area (Å²) in [6, 6.07) is 0. The fraction of sp³-hybridized carbons (Fsp3) is 0.750. The van der Waals surface area contributed by atoms with Crippen molar-refractivity contribution in [1.29, 1.82) is 0 Å². The molecule has 0 saturated heterocycles. The quantitative estimate of drug-likeness (QED) is 0.510. The van der Waals surface area contributed by atoms with E-state index in [1.165, 1.54) is 19.4 Å².